The molecule has 0 amide bonds. The molecule has 3 N–H and O–H groups in total. The third-order valence-corrected chi connectivity index (χ3v) is 5.98. The van der Waals surface area contributed by atoms with Gasteiger partial charge in [0.15, 0.2) is 15.7 Å². The van der Waals surface area contributed by atoms with E-state index in [9.17, 15) is 8.42 Å². The van der Waals surface area contributed by atoms with Crippen molar-refractivity contribution in [3.63, 3.8) is 0 Å². The molecule has 2 unspecified atom stereocenters. The molecule has 102 valence electrons. The van der Waals surface area contributed by atoms with E-state index in [0.29, 0.717) is 17.0 Å². The van der Waals surface area contributed by atoms with E-state index in [4.69, 9.17) is 5.73 Å². The Morgan fingerprint density at radius 1 is 1.50 bits per heavy atom. The van der Waals surface area contributed by atoms with E-state index in [1.165, 1.54) is 6.42 Å². The zero-order valence-corrected chi connectivity index (χ0v) is 12.3. The third kappa shape index (κ3) is 2.61. The van der Waals surface area contributed by atoms with Crippen molar-refractivity contribution in [2.45, 2.75) is 44.0 Å². The normalized spacial score (nSPS) is 23.0. The number of nitrogens with two attached hydrogens (primary N) is 1. The first kappa shape index (κ1) is 13.6. The van der Waals surface area contributed by atoms with Crippen molar-refractivity contribution in [2.24, 2.45) is 5.92 Å². The van der Waals surface area contributed by atoms with E-state index in [1.807, 2.05) is 0 Å². The van der Waals surface area contributed by atoms with Crippen LogP contribution in [0.3, 0.4) is 0 Å². The van der Waals surface area contributed by atoms with E-state index in [0.717, 1.165) is 24.4 Å². The molecule has 1 saturated carbocycles. The fourth-order valence-corrected chi connectivity index (χ4v) is 4.33. The molecule has 2 rings (SSSR count). The Bertz CT molecular complexity index is 524. The zero-order chi connectivity index (χ0) is 13.3. The van der Waals surface area contributed by atoms with Crippen molar-refractivity contribution >= 4 is 32.2 Å². The van der Waals surface area contributed by atoms with Gasteiger partial charge in [0, 0.05) is 6.04 Å². The summed E-state index contributed by atoms with van der Waals surface area (Å²) in [4.78, 5) is 0.192. The molecule has 1 aliphatic carbocycles. The van der Waals surface area contributed by atoms with Gasteiger partial charge in [-0.25, -0.2) is 8.42 Å². The molecule has 7 heteroatoms. The second-order valence-corrected chi connectivity index (χ2v) is 7.65. The van der Waals surface area contributed by atoms with Crippen LogP contribution in [0.2, 0.25) is 0 Å². The van der Waals surface area contributed by atoms with Crippen LogP contribution in [0.15, 0.2) is 4.90 Å². The maximum atomic E-state index is 12.0. The average molecular weight is 289 g/mol. The van der Waals surface area contributed by atoms with Gasteiger partial charge in [-0.2, -0.15) is 4.37 Å². The molecule has 0 bridgehead atoms. The molecule has 1 aromatic rings. The quantitative estimate of drug-likeness (QED) is 0.838. The van der Waals surface area contributed by atoms with Crippen LogP contribution in [0.4, 0.5) is 10.8 Å². The maximum Gasteiger partial charge on any atom is 0.184 e. The van der Waals surface area contributed by atoms with Gasteiger partial charge in [-0.15, -0.1) is 0 Å². The third-order valence-electron chi connectivity index (χ3n) is 3.26. The minimum absolute atomic E-state index is 0.0490. The standard InChI is InChI=1S/C11H19N3O2S2/c1-3-5-7-6-8(7)13-11-9(10(12)14-17-11)18(15,16)4-2/h7-8,13H,3-6H2,1-2H3,(H2,12,14). The molecule has 1 aromatic heterocycles. The summed E-state index contributed by atoms with van der Waals surface area (Å²) < 4.78 is 27.9. The second-order valence-electron chi connectivity index (χ2n) is 4.66. The van der Waals surface area contributed by atoms with Gasteiger partial charge < -0.3 is 11.1 Å². The van der Waals surface area contributed by atoms with Crippen LogP contribution in [-0.4, -0.2) is 24.6 Å². The summed E-state index contributed by atoms with van der Waals surface area (Å²) in [6, 6.07) is 0.385. The largest absolute Gasteiger partial charge is 0.382 e. The van der Waals surface area contributed by atoms with Gasteiger partial charge in [-0.05, 0) is 30.3 Å². The minimum atomic E-state index is -3.30. The first-order chi connectivity index (χ1) is 8.49. The van der Waals surface area contributed by atoms with Crippen LogP contribution >= 0.6 is 11.5 Å². The Hall–Kier alpha value is -0.820. The highest BCUT2D eigenvalue weighted by Gasteiger charge is 2.37. The molecule has 0 aromatic carbocycles. The van der Waals surface area contributed by atoms with Gasteiger partial charge in [-0.3, -0.25) is 0 Å². The lowest BCUT2D eigenvalue weighted by molar-refractivity contribution is 0.598. The number of nitrogen functional groups attached to an aromatic ring is 1. The van der Waals surface area contributed by atoms with E-state index in [1.54, 1.807) is 6.92 Å². The second kappa shape index (κ2) is 5.05. The van der Waals surface area contributed by atoms with E-state index < -0.39 is 9.84 Å². The zero-order valence-electron chi connectivity index (χ0n) is 10.6. The number of nitrogens with one attached hydrogen (secondary N) is 1. The highest BCUT2D eigenvalue weighted by molar-refractivity contribution is 7.91. The topological polar surface area (TPSA) is 85.1 Å². The van der Waals surface area contributed by atoms with E-state index in [-0.39, 0.29) is 16.5 Å². The highest BCUT2D eigenvalue weighted by Crippen LogP contribution is 2.41. The predicted octanol–water partition coefficient (Wildman–Crippen LogP) is 2.12. The van der Waals surface area contributed by atoms with Crippen LogP contribution in [0.1, 0.15) is 33.1 Å². The van der Waals surface area contributed by atoms with Gasteiger partial charge in [-0.1, -0.05) is 20.3 Å². The summed E-state index contributed by atoms with van der Waals surface area (Å²) in [5, 5.41) is 3.89. The van der Waals surface area contributed by atoms with Crippen molar-refractivity contribution < 1.29 is 8.42 Å². The first-order valence-electron chi connectivity index (χ1n) is 6.24. The first-order valence-corrected chi connectivity index (χ1v) is 8.66. The molecule has 0 spiro atoms. The summed E-state index contributed by atoms with van der Waals surface area (Å²) in [5.74, 6) is 0.834. The molecule has 1 heterocycles. The number of sulfone groups is 1. The Kier molecular flexibility index (Phi) is 3.82. The van der Waals surface area contributed by atoms with Crippen LogP contribution in [-0.2, 0) is 9.84 Å². The molecular weight excluding hydrogens is 270 g/mol. The average Bonchev–Trinajstić information content (AvgIpc) is 2.92. The van der Waals surface area contributed by atoms with E-state index in [2.05, 4.69) is 16.6 Å². The molecule has 18 heavy (non-hydrogen) atoms. The Morgan fingerprint density at radius 2 is 2.22 bits per heavy atom. The SMILES string of the molecule is CCCC1CC1Nc1snc(N)c1S(=O)(=O)CC. The number of aromatic nitrogens is 1. The van der Waals surface area contributed by atoms with Crippen molar-refractivity contribution in [3.8, 4) is 0 Å². The Morgan fingerprint density at radius 3 is 2.83 bits per heavy atom. The van der Waals surface area contributed by atoms with Gasteiger partial charge in [0.25, 0.3) is 0 Å². The van der Waals surface area contributed by atoms with Crippen molar-refractivity contribution in [1.82, 2.24) is 4.37 Å². The summed E-state index contributed by atoms with van der Waals surface area (Å²) in [5.41, 5.74) is 5.67. The predicted molar refractivity (Wildman–Crippen MR) is 74.7 cm³/mol. The number of anilines is 2. The molecule has 1 aliphatic rings. The van der Waals surface area contributed by atoms with Crippen molar-refractivity contribution in [1.29, 1.82) is 0 Å². The Balaban J connectivity index is 2.16. The summed E-state index contributed by atoms with van der Waals surface area (Å²) >= 11 is 1.14. The van der Waals surface area contributed by atoms with Crippen molar-refractivity contribution in [3.05, 3.63) is 0 Å². The molecule has 1 fully saturated rings. The molecule has 5 nitrogen and oxygen atoms in total. The molecule has 0 radical (unpaired) electrons. The lowest BCUT2D eigenvalue weighted by Gasteiger charge is -2.06. The molecule has 0 aliphatic heterocycles. The van der Waals surface area contributed by atoms with Crippen LogP contribution in [0.5, 0.6) is 0 Å². The summed E-state index contributed by atoms with van der Waals surface area (Å²) in [7, 11) is -3.30. The lowest BCUT2D eigenvalue weighted by atomic mass is 10.2. The van der Waals surface area contributed by atoms with Gasteiger partial charge in [0.05, 0.1) is 5.75 Å². The van der Waals surface area contributed by atoms with Crippen molar-refractivity contribution in [2.75, 3.05) is 16.8 Å². The highest BCUT2D eigenvalue weighted by atomic mass is 32.2. The van der Waals surface area contributed by atoms with Crippen LogP contribution in [0.25, 0.3) is 0 Å². The minimum Gasteiger partial charge on any atom is -0.382 e. The smallest absolute Gasteiger partial charge is 0.184 e. The Labute approximate surface area is 112 Å². The van der Waals surface area contributed by atoms with E-state index >= 15 is 0 Å². The van der Waals surface area contributed by atoms with Crippen LogP contribution in [0, 0.1) is 5.92 Å². The number of hydrogen-bond acceptors (Lipinski definition) is 6. The molecule has 2 atom stereocenters. The fraction of sp³-hybridized carbons (Fsp3) is 0.727. The maximum absolute atomic E-state index is 12.0. The number of rotatable bonds is 6. The number of hydrogen-bond donors (Lipinski definition) is 2. The van der Waals surface area contributed by atoms with Gasteiger partial charge in [0.2, 0.25) is 0 Å². The fourth-order valence-electron chi connectivity index (χ4n) is 2.11. The van der Waals surface area contributed by atoms with Gasteiger partial charge in [0.1, 0.15) is 9.90 Å². The van der Waals surface area contributed by atoms with Gasteiger partial charge >= 0.3 is 0 Å². The lowest BCUT2D eigenvalue weighted by Crippen LogP contribution is -2.11. The molecule has 0 saturated heterocycles. The monoisotopic (exact) mass is 289 g/mol. The summed E-state index contributed by atoms with van der Waals surface area (Å²) in [6.07, 6.45) is 3.45. The van der Waals surface area contributed by atoms with Crippen LogP contribution < -0.4 is 11.1 Å². The number of nitrogens with zero attached hydrogens (tertiary/aromatic N) is 1. The molecular formula is C11H19N3O2S2. The summed E-state index contributed by atoms with van der Waals surface area (Å²) in [6.45, 7) is 3.78.